The van der Waals surface area contributed by atoms with Crippen LogP contribution in [0.2, 0.25) is 0 Å². The smallest absolute Gasteiger partial charge is 0.230 e. The van der Waals surface area contributed by atoms with Gasteiger partial charge in [-0.3, -0.25) is 0 Å². The third kappa shape index (κ3) is 4.68. The van der Waals surface area contributed by atoms with E-state index in [4.69, 9.17) is 0 Å². The van der Waals surface area contributed by atoms with Crippen molar-refractivity contribution in [1.29, 1.82) is 0 Å². The minimum atomic E-state index is -6.41. The highest BCUT2D eigenvalue weighted by Crippen LogP contribution is 2.61. The number of hydrogen-bond donors (Lipinski definition) is 0. The maximum Gasteiger partial charge on any atom is 0.516 e. The Hall–Kier alpha value is -2.16. The van der Waals surface area contributed by atoms with Crippen LogP contribution < -0.4 is 4.48 Å². The Morgan fingerprint density at radius 1 is 0.676 bits per heavy atom. The van der Waals surface area contributed by atoms with Crippen LogP contribution in [-0.2, 0) is 0 Å². The molecule has 190 valence electrons. The summed E-state index contributed by atoms with van der Waals surface area (Å²) >= 11 is 0. The first kappa shape index (κ1) is 28.1. The lowest BCUT2D eigenvalue weighted by Gasteiger charge is -2.49. The van der Waals surface area contributed by atoms with Gasteiger partial charge in [-0.2, -0.15) is 13.2 Å². The molecule has 0 aliphatic rings. The fourth-order valence-electron chi connectivity index (χ4n) is 4.40. The molecule has 0 saturated heterocycles. The average Bonchev–Trinajstić information content (AvgIpc) is 2.77. The van der Waals surface area contributed by atoms with Crippen LogP contribution in [0.15, 0.2) is 60.7 Å². The quantitative estimate of drug-likeness (QED) is 0.165. The van der Waals surface area contributed by atoms with E-state index in [-0.39, 0.29) is 12.3 Å². The topological polar surface area (TPSA) is 0 Å². The number of rotatable bonds is 11. The van der Waals surface area contributed by atoms with Gasteiger partial charge in [-0.15, -0.1) is 22.0 Å². The van der Waals surface area contributed by atoms with E-state index in [1.54, 1.807) is 6.92 Å². The second-order valence-electron chi connectivity index (χ2n) is 8.72. The van der Waals surface area contributed by atoms with Crippen LogP contribution in [0.25, 0.3) is 0 Å². The zero-order chi connectivity index (χ0) is 25.8. The second kappa shape index (κ2) is 10.2. The first-order valence-electron chi connectivity index (χ1n) is 11.2. The van der Waals surface area contributed by atoms with Crippen molar-refractivity contribution in [1.82, 2.24) is 4.48 Å². The summed E-state index contributed by atoms with van der Waals surface area (Å²) in [6, 6.07) is -1.48. The standard InChI is InChI=1S/C25H30F8N/c1-4-12-19(5-2)17-18-22(3,26)24(30,31)34(20-13-8-6-9-14-20,21-15-10-7-11-16-21)25(32,33)23(27,28)29/h6-11,13-16,19H,4-5,12,17-18H2,1-3H3/q+1. The van der Waals surface area contributed by atoms with Crippen molar-refractivity contribution < 1.29 is 35.1 Å². The lowest BCUT2D eigenvalue weighted by molar-refractivity contribution is -0.379. The van der Waals surface area contributed by atoms with Crippen molar-refractivity contribution in [2.75, 3.05) is 0 Å². The molecule has 9 heteroatoms. The molecule has 0 heterocycles. The summed E-state index contributed by atoms with van der Waals surface area (Å²) in [6.45, 7) is 4.07. The maximum absolute atomic E-state index is 16.3. The van der Waals surface area contributed by atoms with Crippen LogP contribution in [0.1, 0.15) is 52.9 Å². The molecular weight excluding hydrogens is 466 g/mol. The van der Waals surface area contributed by atoms with Gasteiger partial charge in [0.1, 0.15) is 11.4 Å². The lowest BCUT2D eigenvalue weighted by atomic mass is 9.87. The fraction of sp³-hybridized carbons (Fsp3) is 0.520. The third-order valence-electron chi connectivity index (χ3n) is 6.39. The van der Waals surface area contributed by atoms with Crippen LogP contribution in [-0.4, -0.2) is 23.9 Å². The highest BCUT2D eigenvalue weighted by Gasteiger charge is 2.85. The zero-order valence-corrected chi connectivity index (χ0v) is 19.4. The van der Waals surface area contributed by atoms with E-state index in [0.717, 1.165) is 48.5 Å². The normalized spacial score (nSPS) is 16.2. The van der Waals surface area contributed by atoms with Crippen LogP contribution in [0.4, 0.5) is 46.5 Å². The van der Waals surface area contributed by atoms with Gasteiger partial charge in [0.15, 0.2) is 0 Å². The zero-order valence-electron chi connectivity index (χ0n) is 19.4. The Bertz CT molecular complexity index is 855. The lowest BCUT2D eigenvalue weighted by Crippen LogP contribution is -2.76. The van der Waals surface area contributed by atoms with E-state index in [1.165, 1.54) is 12.1 Å². The van der Waals surface area contributed by atoms with Crippen LogP contribution in [0.3, 0.4) is 0 Å². The van der Waals surface area contributed by atoms with Gasteiger partial charge in [-0.25, -0.2) is 4.39 Å². The van der Waals surface area contributed by atoms with Gasteiger partial charge in [0, 0.05) is 0 Å². The van der Waals surface area contributed by atoms with E-state index in [1.807, 2.05) is 6.92 Å². The number of halogens is 8. The fourth-order valence-corrected chi connectivity index (χ4v) is 4.40. The van der Waals surface area contributed by atoms with E-state index < -0.39 is 46.2 Å². The predicted molar refractivity (Wildman–Crippen MR) is 118 cm³/mol. The van der Waals surface area contributed by atoms with Crippen molar-refractivity contribution >= 4 is 11.4 Å². The summed E-state index contributed by atoms with van der Waals surface area (Å²) in [6.07, 6.45) is -5.51. The average molecular weight is 497 g/mol. The van der Waals surface area contributed by atoms with E-state index in [0.29, 0.717) is 26.2 Å². The molecule has 0 bridgehead atoms. The number of benzene rings is 2. The summed E-state index contributed by atoms with van der Waals surface area (Å²) in [5.41, 5.74) is -5.86. The predicted octanol–water partition coefficient (Wildman–Crippen LogP) is 9.41. The Morgan fingerprint density at radius 3 is 1.47 bits per heavy atom. The molecule has 2 atom stereocenters. The first-order valence-corrected chi connectivity index (χ1v) is 11.2. The number of nitrogens with zero attached hydrogens (tertiary/aromatic N) is 1. The molecule has 0 aliphatic heterocycles. The number of hydrogen-bond acceptors (Lipinski definition) is 0. The molecule has 1 nitrogen and oxygen atoms in total. The Labute approximate surface area is 195 Å². The van der Waals surface area contributed by atoms with Crippen LogP contribution in [0, 0.1) is 5.92 Å². The highest BCUT2D eigenvalue weighted by atomic mass is 19.4. The van der Waals surface area contributed by atoms with Gasteiger partial charge < -0.3 is 0 Å². The van der Waals surface area contributed by atoms with E-state index in [2.05, 4.69) is 0 Å². The highest BCUT2D eigenvalue weighted by molar-refractivity contribution is 5.62. The molecule has 0 aromatic heterocycles. The number of para-hydroxylation sites is 2. The molecule has 0 radical (unpaired) electrons. The first-order chi connectivity index (χ1) is 15.7. The second-order valence-corrected chi connectivity index (χ2v) is 8.72. The van der Waals surface area contributed by atoms with E-state index >= 15 is 22.0 Å². The van der Waals surface area contributed by atoms with Gasteiger partial charge in [-0.1, -0.05) is 69.5 Å². The van der Waals surface area contributed by atoms with Gasteiger partial charge in [0.2, 0.25) is 5.67 Å². The minimum absolute atomic E-state index is 0.0753. The summed E-state index contributed by atoms with van der Waals surface area (Å²) in [5, 5.41) is 0. The number of alkyl halides is 8. The molecule has 0 aliphatic carbocycles. The summed E-state index contributed by atoms with van der Waals surface area (Å²) in [5.74, 6) is -0.158. The Balaban J connectivity index is 2.86. The molecule has 0 saturated carbocycles. The largest absolute Gasteiger partial charge is 0.516 e. The summed E-state index contributed by atoms with van der Waals surface area (Å²) < 4.78 is 118. The minimum Gasteiger partial charge on any atom is -0.230 e. The Morgan fingerprint density at radius 2 is 1.12 bits per heavy atom. The van der Waals surface area contributed by atoms with Crippen molar-refractivity contribution in [3.63, 3.8) is 0 Å². The summed E-state index contributed by atoms with van der Waals surface area (Å²) in [7, 11) is 0. The maximum atomic E-state index is 16.3. The molecule has 0 N–H and O–H groups in total. The molecule has 2 unspecified atom stereocenters. The number of quaternary nitrogens is 1. The molecule has 0 fully saturated rings. The monoisotopic (exact) mass is 496 g/mol. The SMILES string of the molecule is CCCC(CC)CCC(C)(F)C(F)(F)[N+](c1ccccc1)(c1ccccc1)C(F)(F)C(F)(F)F. The molecule has 34 heavy (non-hydrogen) atoms. The molecule has 2 aromatic carbocycles. The summed E-state index contributed by atoms with van der Waals surface area (Å²) in [4.78, 5) is 0. The van der Waals surface area contributed by atoms with Crippen molar-refractivity contribution in [3.05, 3.63) is 60.7 Å². The van der Waals surface area contributed by atoms with Gasteiger partial charge in [0.25, 0.3) is 0 Å². The van der Waals surface area contributed by atoms with Gasteiger partial charge in [0.05, 0.1) is 0 Å². The molecular formula is C25H30F8N+. The van der Waals surface area contributed by atoms with E-state index in [9.17, 15) is 13.2 Å². The van der Waals surface area contributed by atoms with Gasteiger partial charge in [-0.05, 0) is 49.9 Å². The van der Waals surface area contributed by atoms with Crippen LogP contribution in [0.5, 0.6) is 0 Å². The molecule has 2 rings (SSSR count). The van der Waals surface area contributed by atoms with Crippen molar-refractivity contribution in [2.45, 2.75) is 76.8 Å². The van der Waals surface area contributed by atoms with Crippen molar-refractivity contribution in [2.24, 2.45) is 5.92 Å². The van der Waals surface area contributed by atoms with Crippen LogP contribution >= 0.6 is 0 Å². The Kier molecular flexibility index (Phi) is 8.44. The molecule has 2 aromatic rings. The molecule has 0 amide bonds. The van der Waals surface area contributed by atoms with Crippen molar-refractivity contribution in [3.8, 4) is 0 Å². The third-order valence-corrected chi connectivity index (χ3v) is 6.39. The molecule has 0 spiro atoms. The van der Waals surface area contributed by atoms with Gasteiger partial charge >= 0.3 is 18.3 Å².